The minimum absolute atomic E-state index is 0.0634. The zero-order chi connectivity index (χ0) is 30.1. The molecule has 224 valence electrons. The number of aliphatic hydroxyl groups excluding tert-OH is 1. The molecule has 13 heteroatoms. The van der Waals surface area contributed by atoms with Crippen LogP contribution in [0.2, 0.25) is 0 Å². The number of carbonyl (C=O) groups excluding carboxylic acids is 1. The molecule has 0 aliphatic carbocycles. The molecule has 1 aromatic heterocycles. The fraction of sp³-hybridized carbons (Fsp3) is 0.414. The van der Waals surface area contributed by atoms with Crippen LogP contribution in [0.25, 0.3) is 16.5 Å². The van der Waals surface area contributed by atoms with Gasteiger partial charge in [-0.2, -0.15) is 8.78 Å². The van der Waals surface area contributed by atoms with Gasteiger partial charge in [-0.3, -0.25) is 28.8 Å². The normalized spacial score (nSPS) is 20.1. The Bertz CT molecular complexity index is 1600. The quantitative estimate of drug-likeness (QED) is 0.366. The Balaban J connectivity index is 1.35. The molecule has 5 rings (SSSR count). The highest BCUT2D eigenvalue weighted by Crippen LogP contribution is 2.26. The fourth-order valence-corrected chi connectivity index (χ4v) is 5.53. The second kappa shape index (κ2) is 12.0. The van der Waals surface area contributed by atoms with Crippen molar-refractivity contribution in [2.45, 2.75) is 45.4 Å². The first-order chi connectivity index (χ1) is 20.1. The summed E-state index contributed by atoms with van der Waals surface area (Å²) in [6.07, 6.45) is 2.11. The van der Waals surface area contributed by atoms with Crippen LogP contribution in [0.5, 0.6) is 5.75 Å². The van der Waals surface area contributed by atoms with Crippen LogP contribution >= 0.6 is 0 Å². The lowest BCUT2D eigenvalue weighted by molar-refractivity contribution is -0.144. The minimum atomic E-state index is -2.96. The molecule has 42 heavy (non-hydrogen) atoms. The number of nitrogens with one attached hydrogen (secondary N) is 1. The van der Waals surface area contributed by atoms with Crippen molar-refractivity contribution in [1.82, 2.24) is 24.5 Å². The number of rotatable bonds is 8. The Morgan fingerprint density at radius 2 is 2.02 bits per heavy atom. The monoisotopic (exact) mass is 583 g/mol. The molecular formula is C29H35F2N7O4. The highest BCUT2D eigenvalue weighted by atomic mass is 19.3. The third-order valence-corrected chi connectivity index (χ3v) is 7.79. The first-order valence-corrected chi connectivity index (χ1v) is 13.7. The van der Waals surface area contributed by atoms with Crippen LogP contribution in [0.3, 0.4) is 0 Å². The summed E-state index contributed by atoms with van der Waals surface area (Å²) in [4.78, 5) is 33.9. The van der Waals surface area contributed by atoms with Crippen molar-refractivity contribution in [3.8, 4) is 5.75 Å². The van der Waals surface area contributed by atoms with Gasteiger partial charge in [-0.25, -0.2) is 0 Å². The molecule has 1 saturated heterocycles. The van der Waals surface area contributed by atoms with Gasteiger partial charge in [0.25, 0.3) is 11.5 Å². The molecule has 0 radical (unpaired) electrons. The number of allylic oxidation sites excluding steroid dienone is 1. The summed E-state index contributed by atoms with van der Waals surface area (Å²) in [5.74, 6) is -0.296. The maximum absolute atomic E-state index is 13.1. The number of nitrogens with two attached hydrogens (primary N) is 1. The van der Waals surface area contributed by atoms with Crippen molar-refractivity contribution in [2.24, 2.45) is 17.8 Å². The van der Waals surface area contributed by atoms with Gasteiger partial charge in [0, 0.05) is 62.8 Å². The number of ether oxygens (including phenoxy) is 1. The van der Waals surface area contributed by atoms with E-state index in [2.05, 4.69) is 10.2 Å². The Hall–Kier alpha value is -4.07. The zero-order valence-corrected chi connectivity index (χ0v) is 23.7. The number of carbonyl (C=O) groups is 1. The van der Waals surface area contributed by atoms with E-state index in [4.69, 9.17) is 15.5 Å². The molecule has 1 amide bonds. The van der Waals surface area contributed by atoms with Crippen LogP contribution in [-0.4, -0.2) is 87.6 Å². The minimum Gasteiger partial charge on any atom is -0.434 e. The van der Waals surface area contributed by atoms with Crippen LogP contribution in [0.1, 0.15) is 23.6 Å². The highest BCUT2D eigenvalue weighted by molar-refractivity contribution is 6.11. The van der Waals surface area contributed by atoms with E-state index in [0.717, 1.165) is 16.7 Å². The predicted molar refractivity (Wildman–Crippen MR) is 155 cm³/mol. The summed E-state index contributed by atoms with van der Waals surface area (Å²) in [6, 6.07) is 10.4. The van der Waals surface area contributed by atoms with Crippen LogP contribution in [0.4, 0.5) is 8.78 Å². The molecular weight excluding hydrogens is 548 g/mol. The summed E-state index contributed by atoms with van der Waals surface area (Å²) in [5, 5.41) is 13.7. The highest BCUT2D eigenvalue weighted by Gasteiger charge is 2.33. The van der Waals surface area contributed by atoms with Gasteiger partial charge in [-0.05, 0) is 37.6 Å². The summed E-state index contributed by atoms with van der Waals surface area (Å²) in [6.45, 7) is 2.47. The van der Waals surface area contributed by atoms with Crippen molar-refractivity contribution in [2.75, 3.05) is 26.2 Å². The lowest BCUT2D eigenvalue weighted by atomic mass is 10.1. The number of nitrogens with zero attached hydrogens (tertiary/aromatic N) is 5. The molecule has 2 aliphatic rings. The topological polar surface area (TPSA) is 130 Å². The van der Waals surface area contributed by atoms with E-state index in [1.165, 1.54) is 10.7 Å². The number of hydrogen-bond donors (Lipinski definition) is 3. The molecule has 2 unspecified atom stereocenters. The lowest BCUT2D eigenvalue weighted by Crippen LogP contribution is -2.60. The maximum Gasteiger partial charge on any atom is 0.387 e. The first-order valence-electron chi connectivity index (χ1n) is 13.7. The van der Waals surface area contributed by atoms with Crippen molar-refractivity contribution >= 4 is 28.6 Å². The first kappa shape index (κ1) is 29.4. The molecule has 0 saturated carbocycles. The van der Waals surface area contributed by atoms with E-state index in [-0.39, 0.29) is 42.6 Å². The standard InChI is InChI=1S/C29H35F2N7O4/c1-17-4-7-25(42-28(30)31)20(10-17)16-38-23-11-19(5-6-22(23)26(40)35(38)3)21-13-33-29(34-14-21)36-8-9-37(18(2)15-36)27(41)24(39)12-32/h4-7,10-11,13-14,18,24,28-29,33,39H,8-9,12,15-16,32H2,1-3H3/t18-,24?,29?/m1/s1. The Kier molecular flexibility index (Phi) is 8.43. The number of piperazine rings is 1. The smallest absolute Gasteiger partial charge is 0.387 e. The average Bonchev–Trinajstić information content (AvgIpc) is 3.21. The van der Waals surface area contributed by atoms with Crippen LogP contribution in [0.15, 0.2) is 52.4 Å². The zero-order valence-electron chi connectivity index (χ0n) is 23.7. The summed E-state index contributed by atoms with van der Waals surface area (Å²) in [7, 11) is 1.64. The molecule has 3 aromatic rings. The molecule has 4 N–H and O–H groups in total. The molecule has 3 heterocycles. The largest absolute Gasteiger partial charge is 0.434 e. The van der Waals surface area contributed by atoms with Crippen LogP contribution in [-0.2, 0) is 18.4 Å². The van der Waals surface area contributed by atoms with Crippen molar-refractivity contribution < 1.29 is 23.4 Å². The second-order valence-corrected chi connectivity index (χ2v) is 10.7. The van der Waals surface area contributed by atoms with Gasteiger partial charge < -0.3 is 25.8 Å². The van der Waals surface area contributed by atoms with E-state index < -0.39 is 12.7 Å². The number of alkyl halides is 2. The molecule has 2 aliphatic heterocycles. The summed E-state index contributed by atoms with van der Waals surface area (Å²) >= 11 is 0. The van der Waals surface area contributed by atoms with E-state index in [1.807, 2.05) is 32.2 Å². The Morgan fingerprint density at radius 1 is 1.24 bits per heavy atom. The van der Waals surface area contributed by atoms with E-state index >= 15 is 0 Å². The number of amides is 1. The van der Waals surface area contributed by atoms with Gasteiger partial charge >= 0.3 is 6.61 Å². The van der Waals surface area contributed by atoms with Gasteiger partial charge in [-0.15, -0.1) is 0 Å². The predicted octanol–water partition coefficient (Wildman–Crippen LogP) is 1.45. The fourth-order valence-electron chi connectivity index (χ4n) is 5.53. The number of aromatic nitrogens is 2. The number of hydrogen-bond acceptors (Lipinski definition) is 8. The van der Waals surface area contributed by atoms with Gasteiger partial charge in [0.05, 0.1) is 17.4 Å². The number of aryl methyl sites for hydroxylation is 1. The van der Waals surface area contributed by atoms with Crippen LogP contribution in [0, 0.1) is 6.92 Å². The lowest BCUT2D eigenvalue weighted by Gasteiger charge is -2.43. The third kappa shape index (κ3) is 5.80. The Labute approximate surface area is 241 Å². The summed E-state index contributed by atoms with van der Waals surface area (Å²) < 4.78 is 34.1. The van der Waals surface area contributed by atoms with Crippen LogP contribution < -0.4 is 21.3 Å². The average molecular weight is 584 g/mol. The van der Waals surface area contributed by atoms with Crippen molar-refractivity contribution in [3.63, 3.8) is 0 Å². The molecule has 11 nitrogen and oxygen atoms in total. The molecule has 2 aromatic carbocycles. The number of fused-ring (bicyclic) bond motifs is 1. The molecule has 0 bridgehead atoms. The second-order valence-electron chi connectivity index (χ2n) is 10.7. The number of halogens is 2. The van der Waals surface area contributed by atoms with Gasteiger partial charge in [0.15, 0.2) is 6.29 Å². The molecule has 1 fully saturated rings. The number of aliphatic imine (C=N–C) groups is 1. The van der Waals surface area contributed by atoms with E-state index in [1.54, 1.807) is 41.0 Å². The molecule has 3 atom stereocenters. The van der Waals surface area contributed by atoms with Gasteiger partial charge in [0.2, 0.25) is 0 Å². The van der Waals surface area contributed by atoms with Crippen molar-refractivity contribution in [3.05, 3.63) is 69.6 Å². The maximum atomic E-state index is 13.1. The van der Waals surface area contributed by atoms with E-state index in [0.29, 0.717) is 36.1 Å². The van der Waals surface area contributed by atoms with E-state index in [9.17, 15) is 23.5 Å². The SMILES string of the molecule is Cc1ccc(OC(F)F)c(Cn2c3cc(C4=CNC(N5CCN(C(=O)C(O)CN)[C@H](C)C5)N=C4)ccc3c(=O)n2C)c1. The van der Waals surface area contributed by atoms with Gasteiger partial charge in [0.1, 0.15) is 11.9 Å². The molecule has 0 spiro atoms. The third-order valence-electron chi connectivity index (χ3n) is 7.79. The van der Waals surface area contributed by atoms with Gasteiger partial charge in [-0.1, -0.05) is 23.8 Å². The number of aliphatic hydroxyl groups is 1. The Morgan fingerprint density at radius 3 is 2.69 bits per heavy atom. The van der Waals surface area contributed by atoms with Crippen molar-refractivity contribution in [1.29, 1.82) is 0 Å². The number of benzene rings is 2. The summed E-state index contributed by atoms with van der Waals surface area (Å²) in [5.41, 5.74) is 8.94.